The highest BCUT2D eigenvalue weighted by molar-refractivity contribution is 6.41. The molecule has 5 aromatic rings. The van der Waals surface area contributed by atoms with Crippen molar-refractivity contribution in [2.75, 3.05) is 25.5 Å². The lowest BCUT2D eigenvalue weighted by molar-refractivity contribution is 0.0682. The van der Waals surface area contributed by atoms with Gasteiger partial charge in [-0.2, -0.15) is 0 Å². The summed E-state index contributed by atoms with van der Waals surface area (Å²) in [5.41, 5.74) is 0.988. The maximum atomic E-state index is 13.8. The van der Waals surface area contributed by atoms with Gasteiger partial charge in [-0.15, -0.1) is 0 Å². The highest BCUT2D eigenvalue weighted by Gasteiger charge is 2.31. The molecule has 362 valence electrons. The number of benzene rings is 6. The Balaban J connectivity index is 0.979. The van der Waals surface area contributed by atoms with Crippen LogP contribution < -0.4 is 26.3 Å². The van der Waals surface area contributed by atoms with Gasteiger partial charge in [-0.3, -0.25) is 19.4 Å². The summed E-state index contributed by atoms with van der Waals surface area (Å²) in [7, 11) is 3.74. The number of aromatic hydroxyl groups is 1. The van der Waals surface area contributed by atoms with Crippen molar-refractivity contribution in [3.05, 3.63) is 168 Å². The maximum absolute atomic E-state index is 13.8. The fourth-order valence-electron chi connectivity index (χ4n) is 8.56. The number of hydrogen-bond acceptors (Lipinski definition) is 12. The number of rotatable bonds is 13. The van der Waals surface area contributed by atoms with Crippen LogP contribution in [0.25, 0.3) is 66.8 Å². The number of anilines is 1. The van der Waals surface area contributed by atoms with E-state index in [9.17, 15) is 49.2 Å². The van der Waals surface area contributed by atoms with E-state index in [-0.39, 0.29) is 84.7 Å². The third kappa shape index (κ3) is 8.82. The number of phenols is 1. The number of hydrogen-bond donors (Lipinski definition) is 6. The number of carboxylic acids is 3. The Hall–Kier alpha value is -8.93. The van der Waals surface area contributed by atoms with Crippen LogP contribution >= 0.6 is 23.2 Å². The molecule has 0 bridgehead atoms. The lowest BCUT2D eigenvalue weighted by Crippen LogP contribution is -2.26. The molecule has 0 saturated heterocycles. The molecule has 0 atom stereocenters. The van der Waals surface area contributed by atoms with E-state index in [2.05, 4.69) is 15.6 Å². The third-order valence-electron chi connectivity index (χ3n) is 11.9. The van der Waals surface area contributed by atoms with Crippen LogP contribution in [-0.2, 0) is 13.1 Å². The van der Waals surface area contributed by atoms with Gasteiger partial charge in [0.2, 0.25) is 0 Å². The van der Waals surface area contributed by atoms with Crippen molar-refractivity contribution in [1.29, 1.82) is 0 Å². The van der Waals surface area contributed by atoms with Crippen LogP contribution in [0.4, 0.5) is 5.69 Å². The molecule has 0 saturated carbocycles. The first kappa shape index (κ1) is 48.1. The number of nitrogens with zero attached hydrogens (tertiary/aromatic N) is 2. The molecule has 4 aromatic carbocycles. The van der Waals surface area contributed by atoms with Crippen LogP contribution in [0.3, 0.4) is 0 Å². The second-order valence-electron chi connectivity index (χ2n) is 16.6. The van der Waals surface area contributed by atoms with E-state index in [0.717, 1.165) is 11.8 Å². The first-order valence-electron chi connectivity index (χ1n) is 21.9. The van der Waals surface area contributed by atoms with Gasteiger partial charge in [-0.05, 0) is 91.3 Å². The van der Waals surface area contributed by atoms with E-state index >= 15 is 0 Å². The molecule has 0 radical (unpaired) electrons. The number of carboxylic acid groups (broad SMARTS) is 3. The van der Waals surface area contributed by atoms with E-state index in [4.69, 9.17) is 36.5 Å². The number of phenolic OH excluding ortho intramolecular Hbond substituents is 1. The predicted octanol–water partition coefficient (Wildman–Crippen LogP) is 9.63. The summed E-state index contributed by atoms with van der Waals surface area (Å²) in [6.07, 6.45) is 0. The summed E-state index contributed by atoms with van der Waals surface area (Å²) in [6.45, 7) is 1.70. The van der Waals surface area contributed by atoms with Crippen LogP contribution in [-0.4, -0.2) is 70.8 Å². The Kier molecular flexibility index (Phi) is 12.8. The van der Waals surface area contributed by atoms with Crippen LogP contribution in [0.5, 0.6) is 5.75 Å². The molecular weight excluding hydrogens is 972 g/mol. The number of nitrogens with one attached hydrogen (secondary N) is 2. The van der Waals surface area contributed by atoms with E-state index in [1.54, 1.807) is 24.3 Å². The van der Waals surface area contributed by atoms with Crippen LogP contribution in [0.2, 0.25) is 10.0 Å². The molecule has 72 heavy (non-hydrogen) atoms. The summed E-state index contributed by atoms with van der Waals surface area (Å²) in [5, 5.41) is 47.0. The van der Waals surface area contributed by atoms with Crippen molar-refractivity contribution in [3.8, 4) is 50.7 Å². The molecule has 0 fully saturated rings. The van der Waals surface area contributed by atoms with E-state index in [1.165, 1.54) is 60.7 Å². The quantitative estimate of drug-likeness (QED) is 0.0588. The Labute approximate surface area is 416 Å². The first-order chi connectivity index (χ1) is 34.4. The molecule has 4 aliphatic rings. The minimum absolute atomic E-state index is 0.0489. The van der Waals surface area contributed by atoms with Gasteiger partial charge in [0.1, 0.15) is 34.2 Å². The lowest BCUT2D eigenvalue weighted by atomic mass is 9.88. The summed E-state index contributed by atoms with van der Waals surface area (Å²) in [6, 6.07) is 25.1. The Bertz CT molecular complexity index is 3830. The topological polar surface area (TPSA) is 262 Å². The van der Waals surface area contributed by atoms with Crippen LogP contribution in [0, 0.1) is 0 Å². The van der Waals surface area contributed by atoms with Gasteiger partial charge in [0, 0.05) is 83.1 Å². The molecular formula is C53H38Cl2N4O13. The Morgan fingerprint density at radius 3 is 2.08 bits per heavy atom. The molecule has 9 rings (SSSR count). The van der Waals surface area contributed by atoms with Gasteiger partial charge in [0.05, 0.1) is 56.3 Å². The van der Waals surface area contributed by atoms with Crippen molar-refractivity contribution in [3.63, 3.8) is 0 Å². The first-order valence-corrected chi connectivity index (χ1v) is 22.6. The Morgan fingerprint density at radius 1 is 0.653 bits per heavy atom. The van der Waals surface area contributed by atoms with Crippen LogP contribution in [0.15, 0.2) is 126 Å². The number of carbonyl (C=O) groups is 5. The summed E-state index contributed by atoms with van der Waals surface area (Å²) in [5.74, 6) is -5.77. The standard InChI is InChI=1S/C53H38Cl2N4O13/c1-4-56-25-6-11-31-40(18-25)71-41-19-26(59(2)3)7-12-32(41)44(31)45-37(54)21-35(47(55)46(45)53(68)69)49(62)57-22-28-9-16-39(70-28)50(63)58-23-36-38(61)15-14-33-43(30-13-8-27(60)20-42(30)72-48(33)36)29-10-5-24(51(64)65)17-34(29)52(66)67/h5-21,60H,4,22-23H2,1-3H3,(H,57,62)(H,58,63)(H,64,65)(H,66,67)(H,68,69)/b56-25+. The van der Waals surface area contributed by atoms with E-state index in [1.807, 2.05) is 38.1 Å². The van der Waals surface area contributed by atoms with Gasteiger partial charge in [-0.1, -0.05) is 29.3 Å². The number of amides is 2. The zero-order valence-electron chi connectivity index (χ0n) is 38.0. The van der Waals surface area contributed by atoms with Crippen molar-refractivity contribution < 1.29 is 57.7 Å². The van der Waals surface area contributed by atoms with Gasteiger partial charge >= 0.3 is 17.9 Å². The van der Waals surface area contributed by atoms with Crippen molar-refractivity contribution in [1.82, 2.24) is 10.6 Å². The molecule has 1 aromatic heterocycles. The smallest absolute Gasteiger partial charge is 0.337 e. The number of furan rings is 1. The van der Waals surface area contributed by atoms with E-state index < -0.39 is 52.3 Å². The highest BCUT2D eigenvalue weighted by atomic mass is 35.5. The molecule has 19 heteroatoms. The fourth-order valence-corrected chi connectivity index (χ4v) is 9.17. The average molecular weight is 1010 g/mol. The zero-order valence-corrected chi connectivity index (χ0v) is 39.6. The number of fused-ring (bicyclic) bond motifs is 4. The lowest BCUT2D eigenvalue weighted by Gasteiger charge is -2.21. The molecule has 2 aliphatic carbocycles. The van der Waals surface area contributed by atoms with Gasteiger partial charge in [0.25, 0.3) is 11.8 Å². The zero-order chi connectivity index (χ0) is 51.3. The fraction of sp³-hybridized carbons (Fsp3) is 0.113. The summed E-state index contributed by atoms with van der Waals surface area (Å²) < 4.78 is 18.2. The molecule has 2 aliphatic heterocycles. The SMILES string of the molecule is CC/N=c1\ccc2c(-c3c(Cl)cc(C(=O)NCc4ccc(C(=O)NCc5c6oc7cc(O)ccc7c(-c7ccc(C(=O)O)cc7C(=O)O)c-6ccc5=O)o4)c(Cl)c3C(=O)O)c3ccc(N(C)C)cc3oc-2c1. The molecule has 0 spiro atoms. The van der Waals surface area contributed by atoms with Crippen molar-refractivity contribution >= 4 is 80.6 Å². The monoisotopic (exact) mass is 1010 g/mol. The van der Waals surface area contributed by atoms with Crippen molar-refractivity contribution in [2.45, 2.75) is 20.0 Å². The minimum Gasteiger partial charge on any atom is -0.508 e. The number of carbonyl (C=O) groups excluding carboxylic acids is 2. The second kappa shape index (κ2) is 19.1. The number of halogens is 2. The average Bonchev–Trinajstić information content (AvgIpc) is 3.83. The predicted molar refractivity (Wildman–Crippen MR) is 267 cm³/mol. The second-order valence-corrected chi connectivity index (χ2v) is 17.3. The van der Waals surface area contributed by atoms with Gasteiger partial charge in [0.15, 0.2) is 11.2 Å². The molecule has 2 amide bonds. The molecule has 3 heterocycles. The van der Waals surface area contributed by atoms with E-state index in [0.29, 0.717) is 45.1 Å². The maximum Gasteiger partial charge on any atom is 0.337 e. The van der Waals surface area contributed by atoms with Gasteiger partial charge in [-0.25, -0.2) is 14.4 Å². The summed E-state index contributed by atoms with van der Waals surface area (Å²) in [4.78, 5) is 84.4. The van der Waals surface area contributed by atoms with Crippen molar-refractivity contribution in [2.24, 2.45) is 4.99 Å². The molecule has 6 N–H and O–H groups in total. The van der Waals surface area contributed by atoms with Gasteiger partial charge < -0.3 is 49.2 Å². The normalized spacial score (nSPS) is 11.7. The molecule has 0 unspecified atom stereocenters. The highest BCUT2D eigenvalue weighted by Crippen LogP contribution is 2.47. The molecule has 17 nitrogen and oxygen atoms in total. The largest absolute Gasteiger partial charge is 0.508 e. The number of aromatic carboxylic acids is 3. The Morgan fingerprint density at radius 2 is 1.36 bits per heavy atom. The minimum atomic E-state index is -1.45. The summed E-state index contributed by atoms with van der Waals surface area (Å²) >= 11 is 13.8. The van der Waals surface area contributed by atoms with Crippen LogP contribution in [0.1, 0.15) is 70.2 Å². The third-order valence-corrected chi connectivity index (χ3v) is 12.6.